The first-order chi connectivity index (χ1) is 8.52. The minimum atomic E-state index is -0.144. The van der Waals surface area contributed by atoms with Crippen molar-refractivity contribution in [3.63, 3.8) is 0 Å². The molecule has 3 unspecified atom stereocenters. The van der Waals surface area contributed by atoms with Crippen molar-refractivity contribution in [3.05, 3.63) is 15.9 Å². The highest BCUT2D eigenvalue weighted by atomic mass is 79.9. The molecule has 18 heavy (non-hydrogen) atoms. The predicted octanol–water partition coefficient (Wildman–Crippen LogP) is 3.22. The molecule has 0 spiro atoms. The normalized spacial score (nSPS) is 28.6. The zero-order valence-electron chi connectivity index (χ0n) is 11.5. The third-order valence-electron chi connectivity index (χ3n) is 4.35. The van der Waals surface area contributed by atoms with Crippen LogP contribution in [-0.2, 0) is 13.5 Å². The second-order valence-corrected chi connectivity index (χ2v) is 6.38. The lowest BCUT2D eigenvalue weighted by Crippen LogP contribution is -2.31. The highest BCUT2D eigenvalue weighted by Crippen LogP contribution is 2.35. The second-order valence-electron chi connectivity index (χ2n) is 5.59. The molecule has 4 heteroatoms. The zero-order valence-corrected chi connectivity index (χ0v) is 13.1. The summed E-state index contributed by atoms with van der Waals surface area (Å²) in [6.07, 6.45) is 5.30. The summed E-state index contributed by atoms with van der Waals surface area (Å²) in [6, 6.07) is 0. The first-order valence-electron chi connectivity index (χ1n) is 6.89. The molecule has 0 saturated heterocycles. The van der Waals surface area contributed by atoms with E-state index < -0.39 is 0 Å². The van der Waals surface area contributed by atoms with E-state index in [1.54, 1.807) is 0 Å². The maximum Gasteiger partial charge on any atom is 0.0738 e. The molecule has 1 aromatic rings. The van der Waals surface area contributed by atoms with Gasteiger partial charge >= 0.3 is 0 Å². The smallest absolute Gasteiger partial charge is 0.0738 e. The minimum Gasteiger partial charge on any atom is -0.393 e. The summed E-state index contributed by atoms with van der Waals surface area (Å²) in [5.74, 6) is 1.17. The maximum atomic E-state index is 10.2. The number of nitrogens with zero attached hydrogens (tertiary/aromatic N) is 2. The molecule has 3 nitrogen and oxygen atoms in total. The molecule has 1 aliphatic rings. The fourth-order valence-electron chi connectivity index (χ4n) is 3.09. The minimum absolute atomic E-state index is 0.144. The lowest BCUT2D eigenvalue weighted by molar-refractivity contribution is 0.0465. The van der Waals surface area contributed by atoms with Crippen molar-refractivity contribution in [2.45, 2.75) is 52.1 Å². The van der Waals surface area contributed by atoms with E-state index in [1.165, 1.54) is 18.5 Å². The molecule has 102 valence electrons. The van der Waals surface area contributed by atoms with Crippen LogP contribution >= 0.6 is 15.9 Å². The van der Waals surface area contributed by atoms with Crippen LogP contribution < -0.4 is 0 Å². The van der Waals surface area contributed by atoms with Crippen LogP contribution in [0.25, 0.3) is 0 Å². The number of aliphatic hydroxyl groups excluding tert-OH is 1. The van der Waals surface area contributed by atoms with Crippen LogP contribution in [0.1, 0.15) is 44.0 Å². The summed E-state index contributed by atoms with van der Waals surface area (Å²) in [4.78, 5) is 0. The largest absolute Gasteiger partial charge is 0.393 e. The van der Waals surface area contributed by atoms with Crippen LogP contribution in [0.15, 0.2) is 4.47 Å². The van der Waals surface area contributed by atoms with Crippen LogP contribution in [0.4, 0.5) is 0 Å². The Morgan fingerprint density at radius 2 is 2.17 bits per heavy atom. The van der Waals surface area contributed by atoms with Crippen molar-refractivity contribution in [1.82, 2.24) is 9.78 Å². The Morgan fingerprint density at radius 1 is 1.44 bits per heavy atom. The lowest BCUT2D eigenvalue weighted by atomic mass is 9.76. The van der Waals surface area contributed by atoms with Gasteiger partial charge in [-0.1, -0.05) is 13.3 Å². The van der Waals surface area contributed by atoms with E-state index in [-0.39, 0.29) is 6.10 Å². The van der Waals surface area contributed by atoms with E-state index in [9.17, 15) is 5.11 Å². The predicted molar refractivity (Wildman–Crippen MR) is 76.5 cm³/mol. The summed E-state index contributed by atoms with van der Waals surface area (Å²) in [7, 11) is 1.99. The fraction of sp³-hybridized carbons (Fsp3) is 0.786. The van der Waals surface area contributed by atoms with E-state index in [0.717, 1.165) is 35.3 Å². The summed E-state index contributed by atoms with van der Waals surface area (Å²) in [5, 5.41) is 14.6. The molecule has 0 amide bonds. The van der Waals surface area contributed by atoms with E-state index >= 15 is 0 Å². The average molecular weight is 315 g/mol. The van der Waals surface area contributed by atoms with Crippen LogP contribution in [0, 0.1) is 18.8 Å². The van der Waals surface area contributed by atoms with Gasteiger partial charge < -0.3 is 5.11 Å². The molecule has 1 heterocycles. The summed E-state index contributed by atoms with van der Waals surface area (Å²) >= 11 is 3.61. The van der Waals surface area contributed by atoms with Crippen molar-refractivity contribution in [1.29, 1.82) is 0 Å². The third-order valence-corrected chi connectivity index (χ3v) is 5.38. The van der Waals surface area contributed by atoms with Gasteiger partial charge in [-0.05, 0) is 60.4 Å². The number of aliphatic hydroxyl groups is 1. The Balaban J connectivity index is 2.11. The molecule has 0 aromatic carbocycles. The molecule has 2 rings (SSSR count). The van der Waals surface area contributed by atoms with Gasteiger partial charge in [0.1, 0.15) is 0 Å². The van der Waals surface area contributed by atoms with Gasteiger partial charge in [0.05, 0.1) is 22.0 Å². The van der Waals surface area contributed by atoms with Crippen LogP contribution in [0.5, 0.6) is 0 Å². The number of aromatic nitrogens is 2. The quantitative estimate of drug-likeness (QED) is 0.930. The molecular weight excluding hydrogens is 292 g/mol. The van der Waals surface area contributed by atoms with Gasteiger partial charge in [-0.3, -0.25) is 4.68 Å². The molecule has 0 aliphatic heterocycles. The average Bonchev–Trinajstić information content (AvgIpc) is 2.58. The van der Waals surface area contributed by atoms with Gasteiger partial charge in [-0.2, -0.15) is 5.10 Å². The van der Waals surface area contributed by atoms with Crippen molar-refractivity contribution in [3.8, 4) is 0 Å². The monoisotopic (exact) mass is 314 g/mol. The maximum absolute atomic E-state index is 10.2. The van der Waals surface area contributed by atoms with E-state index in [4.69, 9.17) is 0 Å². The van der Waals surface area contributed by atoms with Crippen LogP contribution in [-0.4, -0.2) is 21.0 Å². The Bertz CT molecular complexity index is 416. The summed E-state index contributed by atoms with van der Waals surface area (Å²) in [5.41, 5.74) is 2.25. The van der Waals surface area contributed by atoms with Gasteiger partial charge in [0.2, 0.25) is 0 Å². The Labute approximate surface area is 118 Å². The summed E-state index contributed by atoms with van der Waals surface area (Å²) < 4.78 is 3.05. The zero-order chi connectivity index (χ0) is 13.3. The van der Waals surface area contributed by atoms with Gasteiger partial charge in [0, 0.05) is 7.05 Å². The first kappa shape index (κ1) is 14.1. The number of hydrogen-bond donors (Lipinski definition) is 1. The first-order valence-corrected chi connectivity index (χ1v) is 7.68. The van der Waals surface area contributed by atoms with Gasteiger partial charge in [-0.15, -0.1) is 0 Å². The topological polar surface area (TPSA) is 38.1 Å². The molecule has 3 atom stereocenters. The van der Waals surface area contributed by atoms with Crippen LogP contribution in [0.2, 0.25) is 0 Å². The van der Waals surface area contributed by atoms with Crippen molar-refractivity contribution < 1.29 is 5.11 Å². The molecule has 1 aromatic heterocycles. The molecule has 0 bridgehead atoms. The molecule has 1 aliphatic carbocycles. The second kappa shape index (κ2) is 5.74. The Kier molecular flexibility index (Phi) is 4.49. The lowest BCUT2D eigenvalue weighted by Gasteiger charge is -2.33. The standard InChI is InChI=1S/C14H23BrN2O/c1-4-10-5-6-13(18)11(7-10)8-12-14(15)9(2)16-17(12)3/h10-11,13,18H,4-8H2,1-3H3. The van der Waals surface area contributed by atoms with Gasteiger partial charge in [0.15, 0.2) is 0 Å². The van der Waals surface area contributed by atoms with E-state index in [2.05, 4.69) is 28.0 Å². The van der Waals surface area contributed by atoms with E-state index in [1.807, 2.05) is 18.7 Å². The van der Waals surface area contributed by atoms with Crippen molar-refractivity contribution in [2.75, 3.05) is 0 Å². The summed E-state index contributed by atoms with van der Waals surface area (Å²) in [6.45, 7) is 4.27. The SMILES string of the molecule is CCC1CCC(O)C(Cc2c(Br)c(C)nn2C)C1. The molecule has 0 radical (unpaired) electrons. The molecule has 1 saturated carbocycles. The van der Waals surface area contributed by atoms with Crippen LogP contribution in [0.3, 0.4) is 0 Å². The number of hydrogen-bond acceptors (Lipinski definition) is 2. The fourth-order valence-corrected chi connectivity index (χ4v) is 3.58. The molecule has 1 N–H and O–H groups in total. The number of rotatable bonds is 3. The third kappa shape index (κ3) is 2.80. The number of halogens is 1. The van der Waals surface area contributed by atoms with Gasteiger partial charge in [0.25, 0.3) is 0 Å². The Hall–Kier alpha value is -0.350. The Morgan fingerprint density at radius 3 is 2.72 bits per heavy atom. The van der Waals surface area contributed by atoms with E-state index in [0.29, 0.717) is 5.92 Å². The number of aryl methyl sites for hydroxylation is 2. The molecule has 1 fully saturated rings. The highest BCUT2D eigenvalue weighted by Gasteiger charge is 2.30. The molecular formula is C14H23BrN2O. The van der Waals surface area contributed by atoms with Crippen molar-refractivity contribution in [2.24, 2.45) is 18.9 Å². The van der Waals surface area contributed by atoms with Crippen molar-refractivity contribution >= 4 is 15.9 Å². The van der Waals surface area contributed by atoms with Gasteiger partial charge in [-0.25, -0.2) is 0 Å². The highest BCUT2D eigenvalue weighted by molar-refractivity contribution is 9.10.